The van der Waals surface area contributed by atoms with Gasteiger partial charge in [0.1, 0.15) is 0 Å². The molecular formula is C24H22N4OS. The molecule has 0 amide bonds. The van der Waals surface area contributed by atoms with Crippen LogP contribution in [0.25, 0.3) is 17.1 Å². The molecule has 4 rings (SSSR count). The van der Waals surface area contributed by atoms with Crippen LogP contribution in [0.1, 0.15) is 27.0 Å². The van der Waals surface area contributed by atoms with Crippen LogP contribution in [0.5, 0.6) is 0 Å². The molecule has 150 valence electrons. The van der Waals surface area contributed by atoms with Gasteiger partial charge < -0.3 is 0 Å². The Hall–Kier alpha value is -3.25. The second kappa shape index (κ2) is 8.63. The van der Waals surface area contributed by atoms with Crippen molar-refractivity contribution in [3.8, 4) is 17.1 Å². The van der Waals surface area contributed by atoms with Crippen molar-refractivity contribution in [1.29, 1.82) is 0 Å². The maximum atomic E-state index is 12.8. The summed E-state index contributed by atoms with van der Waals surface area (Å²) >= 11 is 1.40. The molecule has 0 aliphatic rings. The fourth-order valence-electron chi connectivity index (χ4n) is 3.11. The fourth-order valence-corrected chi connectivity index (χ4v) is 3.95. The Balaban J connectivity index is 1.66. The molecule has 0 aliphatic heterocycles. The molecule has 0 saturated carbocycles. The molecule has 0 fully saturated rings. The molecular weight excluding hydrogens is 392 g/mol. The monoisotopic (exact) mass is 414 g/mol. The number of benzene rings is 2. The van der Waals surface area contributed by atoms with E-state index in [2.05, 4.69) is 34.2 Å². The summed E-state index contributed by atoms with van der Waals surface area (Å²) in [6.45, 7) is 6.12. The number of carbonyl (C=O) groups is 1. The number of pyridine rings is 1. The molecule has 0 atom stereocenters. The standard InChI is InChI=1S/C24H22N4OS/c1-16-4-8-21(9-5-16)28-23(19-10-12-25-13-11-19)26-27-24(28)30-15-22(29)20-7-6-17(2)18(3)14-20/h4-14H,15H2,1-3H3. The van der Waals surface area contributed by atoms with Gasteiger partial charge in [0.25, 0.3) is 0 Å². The first-order chi connectivity index (χ1) is 14.5. The van der Waals surface area contributed by atoms with Crippen LogP contribution in [0.3, 0.4) is 0 Å². The Morgan fingerprint density at radius 1 is 0.900 bits per heavy atom. The molecule has 30 heavy (non-hydrogen) atoms. The quantitative estimate of drug-likeness (QED) is 0.319. The van der Waals surface area contributed by atoms with Crippen LogP contribution in [0.15, 0.2) is 72.1 Å². The lowest BCUT2D eigenvalue weighted by Gasteiger charge is -2.11. The summed E-state index contributed by atoms with van der Waals surface area (Å²) in [5.74, 6) is 1.09. The minimum Gasteiger partial charge on any atom is -0.293 e. The van der Waals surface area contributed by atoms with E-state index >= 15 is 0 Å². The van der Waals surface area contributed by atoms with Crippen molar-refractivity contribution in [2.24, 2.45) is 0 Å². The maximum Gasteiger partial charge on any atom is 0.196 e. The smallest absolute Gasteiger partial charge is 0.196 e. The van der Waals surface area contributed by atoms with Gasteiger partial charge in [0.2, 0.25) is 0 Å². The van der Waals surface area contributed by atoms with Crippen LogP contribution in [-0.4, -0.2) is 31.3 Å². The van der Waals surface area contributed by atoms with Crippen molar-refractivity contribution < 1.29 is 4.79 Å². The number of carbonyl (C=O) groups excluding carboxylic acids is 1. The first kappa shape index (κ1) is 20.0. The summed E-state index contributed by atoms with van der Waals surface area (Å²) in [6, 6.07) is 17.8. The van der Waals surface area contributed by atoms with E-state index in [1.807, 2.05) is 60.9 Å². The normalized spacial score (nSPS) is 10.9. The van der Waals surface area contributed by atoms with E-state index in [1.54, 1.807) is 12.4 Å². The summed E-state index contributed by atoms with van der Waals surface area (Å²) in [5.41, 5.74) is 6.08. The van der Waals surface area contributed by atoms with Gasteiger partial charge >= 0.3 is 0 Å². The second-order valence-corrected chi connectivity index (χ2v) is 8.17. The van der Waals surface area contributed by atoms with Gasteiger partial charge in [0.05, 0.1) is 5.75 Å². The Morgan fingerprint density at radius 2 is 1.63 bits per heavy atom. The van der Waals surface area contributed by atoms with Crippen molar-refractivity contribution in [3.05, 3.63) is 89.2 Å². The van der Waals surface area contributed by atoms with Crippen LogP contribution >= 0.6 is 11.8 Å². The number of ketones is 1. The largest absolute Gasteiger partial charge is 0.293 e. The number of hydrogen-bond acceptors (Lipinski definition) is 5. The minimum atomic E-state index is 0.0759. The highest BCUT2D eigenvalue weighted by atomic mass is 32.2. The zero-order chi connectivity index (χ0) is 21.1. The first-order valence-corrected chi connectivity index (χ1v) is 10.7. The van der Waals surface area contributed by atoms with E-state index in [9.17, 15) is 4.79 Å². The lowest BCUT2D eigenvalue weighted by atomic mass is 10.0. The van der Waals surface area contributed by atoms with E-state index in [0.717, 1.165) is 28.2 Å². The van der Waals surface area contributed by atoms with Crippen molar-refractivity contribution in [2.75, 3.05) is 5.75 Å². The number of nitrogens with zero attached hydrogens (tertiary/aromatic N) is 4. The van der Waals surface area contributed by atoms with Crippen LogP contribution < -0.4 is 0 Å². The number of aryl methyl sites for hydroxylation is 3. The topological polar surface area (TPSA) is 60.7 Å². The molecule has 0 bridgehead atoms. The first-order valence-electron chi connectivity index (χ1n) is 9.69. The van der Waals surface area contributed by atoms with Gasteiger partial charge in [0, 0.05) is 29.2 Å². The minimum absolute atomic E-state index is 0.0759. The predicted molar refractivity (Wildman–Crippen MR) is 120 cm³/mol. The molecule has 0 saturated heterocycles. The third-order valence-corrected chi connectivity index (χ3v) is 5.95. The molecule has 0 spiro atoms. The second-order valence-electron chi connectivity index (χ2n) is 7.22. The zero-order valence-corrected chi connectivity index (χ0v) is 18.0. The van der Waals surface area contributed by atoms with Gasteiger partial charge in [0.15, 0.2) is 16.8 Å². The van der Waals surface area contributed by atoms with Gasteiger partial charge in [-0.1, -0.05) is 41.6 Å². The van der Waals surface area contributed by atoms with E-state index in [1.165, 1.54) is 22.9 Å². The average Bonchev–Trinajstić information content (AvgIpc) is 3.19. The molecule has 6 heteroatoms. The van der Waals surface area contributed by atoms with Crippen LogP contribution in [0.2, 0.25) is 0 Å². The highest BCUT2D eigenvalue weighted by Crippen LogP contribution is 2.28. The van der Waals surface area contributed by atoms with Gasteiger partial charge in [-0.05, 0) is 62.2 Å². The van der Waals surface area contributed by atoms with E-state index in [-0.39, 0.29) is 5.78 Å². The molecule has 0 N–H and O–H groups in total. The predicted octanol–water partition coefficient (Wildman–Crippen LogP) is 5.23. The molecule has 0 aliphatic carbocycles. The Kier molecular flexibility index (Phi) is 5.77. The van der Waals surface area contributed by atoms with Crippen molar-refractivity contribution in [2.45, 2.75) is 25.9 Å². The number of aromatic nitrogens is 4. The molecule has 2 aromatic heterocycles. The Labute approximate surface area is 180 Å². The summed E-state index contributed by atoms with van der Waals surface area (Å²) in [6.07, 6.45) is 3.47. The van der Waals surface area contributed by atoms with E-state index in [0.29, 0.717) is 10.9 Å². The summed E-state index contributed by atoms with van der Waals surface area (Å²) in [4.78, 5) is 16.9. The van der Waals surface area contributed by atoms with Crippen molar-refractivity contribution in [1.82, 2.24) is 19.7 Å². The molecule has 4 aromatic rings. The van der Waals surface area contributed by atoms with Gasteiger partial charge in [-0.25, -0.2) is 0 Å². The lowest BCUT2D eigenvalue weighted by molar-refractivity contribution is 0.102. The summed E-state index contributed by atoms with van der Waals surface area (Å²) in [7, 11) is 0. The third-order valence-electron chi connectivity index (χ3n) is 5.03. The Bertz CT molecular complexity index is 1180. The van der Waals surface area contributed by atoms with Gasteiger partial charge in [-0.2, -0.15) is 0 Å². The number of hydrogen-bond donors (Lipinski definition) is 0. The van der Waals surface area contributed by atoms with Gasteiger partial charge in [-0.15, -0.1) is 10.2 Å². The highest BCUT2D eigenvalue weighted by molar-refractivity contribution is 7.99. The van der Waals surface area contributed by atoms with Crippen LogP contribution in [0.4, 0.5) is 0 Å². The van der Waals surface area contributed by atoms with E-state index < -0.39 is 0 Å². The fraction of sp³-hybridized carbons (Fsp3) is 0.167. The summed E-state index contributed by atoms with van der Waals surface area (Å²) < 4.78 is 1.99. The molecule has 0 unspecified atom stereocenters. The highest BCUT2D eigenvalue weighted by Gasteiger charge is 2.18. The molecule has 5 nitrogen and oxygen atoms in total. The summed E-state index contributed by atoms with van der Waals surface area (Å²) in [5, 5.41) is 9.49. The van der Waals surface area contributed by atoms with Crippen LogP contribution in [0, 0.1) is 20.8 Å². The maximum absolute atomic E-state index is 12.8. The lowest BCUT2D eigenvalue weighted by Crippen LogP contribution is -2.05. The molecule has 0 radical (unpaired) electrons. The Morgan fingerprint density at radius 3 is 2.33 bits per heavy atom. The van der Waals surface area contributed by atoms with Crippen molar-refractivity contribution >= 4 is 17.5 Å². The molecule has 2 heterocycles. The van der Waals surface area contributed by atoms with Crippen LogP contribution in [-0.2, 0) is 0 Å². The number of rotatable bonds is 6. The number of Topliss-reactive ketones (excluding diaryl/α,β-unsaturated/α-hetero) is 1. The SMILES string of the molecule is Cc1ccc(-n2c(SCC(=O)c3ccc(C)c(C)c3)nnc2-c2ccncc2)cc1. The van der Waals surface area contributed by atoms with Crippen molar-refractivity contribution in [3.63, 3.8) is 0 Å². The third kappa shape index (κ3) is 4.19. The molecule has 2 aromatic carbocycles. The zero-order valence-electron chi connectivity index (χ0n) is 17.2. The van der Waals surface area contributed by atoms with E-state index in [4.69, 9.17) is 0 Å². The average molecular weight is 415 g/mol. The van der Waals surface area contributed by atoms with Gasteiger partial charge in [-0.3, -0.25) is 14.3 Å². The number of thioether (sulfide) groups is 1.